The largest absolute Gasteiger partial charge is 0.464 e. The SMILES string of the molecule is CC(C)[C@H](N)C(=O)OCC1CCCCC1. The Morgan fingerprint density at radius 1 is 1.33 bits per heavy atom. The summed E-state index contributed by atoms with van der Waals surface area (Å²) in [6, 6.07) is -0.464. The molecule has 0 aromatic heterocycles. The van der Waals surface area contributed by atoms with Gasteiger partial charge in [-0.25, -0.2) is 0 Å². The smallest absolute Gasteiger partial charge is 0.323 e. The zero-order valence-corrected chi connectivity index (χ0v) is 9.87. The van der Waals surface area contributed by atoms with E-state index < -0.39 is 6.04 Å². The fourth-order valence-corrected chi connectivity index (χ4v) is 1.92. The highest BCUT2D eigenvalue weighted by atomic mass is 16.5. The second kappa shape index (κ2) is 6.11. The van der Waals surface area contributed by atoms with Crippen molar-refractivity contribution in [1.82, 2.24) is 0 Å². The van der Waals surface area contributed by atoms with Crippen molar-refractivity contribution in [2.24, 2.45) is 17.6 Å². The summed E-state index contributed by atoms with van der Waals surface area (Å²) in [7, 11) is 0. The molecule has 3 heteroatoms. The van der Waals surface area contributed by atoms with E-state index in [4.69, 9.17) is 10.5 Å². The Morgan fingerprint density at radius 3 is 2.47 bits per heavy atom. The third-order valence-corrected chi connectivity index (χ3v) is 3.18. The molecule has 0 heterocycles. The summed E-state index contributed by atoms with van der Waals surface area (Å²) in [5.74, 6) is 0.487. The molecule has 0 aromatic rings. The molecular formula is C12H23NO2. The third-order valence-electron chi connectivity index (χ3n) is 3.18. The van der Waals surface area contributed by atoms with Crippen LogP contribution in [0.25, 0.3) is 0 Å². The Labute approximate surface area is 92.4 Å². The van der Waals surface area contributed by atoms with Gasteiger partial charge in [0.05, 0.1) is 6.61 Å². The number of hydrogen-bond donors (Lipinski definition) is 1. The molecule has 1 fully saturated rings. The molecule has 0 radical (unpaired) electrons. The lowest BCUT2D eigenvalue weighted by atomic mass is 9.90. The zero-order valence-electron chi connectivity index (χ0n) is 9.87. The van der Waals surface area contributed by atoms with Crippen molar-refractivity contribution in [3.63, 3.8) is 0 Å². The van der Waals surface area contributed by atoms with Crippen molar-refractivity contribution < 1.29 is 9.53 Å². The van der Waals surface area contributed by atoms with E-state index in [2.05, 4.69) is 0 Å². The molecule has 0 amide bonds. The molecule has 2 N–H and O–H groups in total. The van der Waals surface area contributed by atoms with Crippen LogP contribution < -0.4 is 5.73 Å². The van der Waals surface area contributed by atoms with Gasteiger partial charge in [0, 0.05) is 0 Å². The van der Waals surface area contributed by atoms with Crippen LogP contribution in [-0.2, 0) is 9.53 Å². The highest BCUT2D eigenvalue weighted by Crippen LogP contribution is 2.23. The molecule has 1 aliphatic carbocycles. The standard InChI is InChI=1S/C12H23NO2/c1-9(2)11(13)12(14)15-8-10-6-4-3-5-7-10/h9-11H,3-8,13H2,1-2H3/t11-/m0/s1. The molecule has 15 heavy (non-hydrogen) atoms. The van der Waals surface area contributed by atoms with Crippen molar-refractivity contribution in [3.8, 4) is 0 Å². The number of carbonyl (C=O) groups excluding carboxylic acids is 1. The average Bonchev–Trinajstić information content (AvgIpc) is 2.26. The summed E-state index contributed by atoms with van der Waals surface area (Å²) in [6.45, 7) is 4.44. The fourth-order valence-electron chi connectivity index (χ4n) is 1.92. The number of esters is 1. The normalized spacial score (nSPS) is 20.3. The van der Waals surface area contributed by atoms with Gasteiger partial charge in [0.1, 0.15) is 6.04 Å². The number of ether oxygens (including phenoxy) is 1. The van der Waals surface area contributed by atoms with Crippen LogP contribution >= 0.6 is 0 Å². The number of nitrogens with two attached hydrogens (primary N) is 1. The Bertz CT molecular complexity index is 198. The maximum Gasteiger partial charge on any atom is 0.323 e. The van der Waals surface area contributed by atoms with E-state index in [0.717, 1.165) is 0 Å². The minimum atomic E-state index is -0.464. The predicted molar refractivity (Wildman–Crippen MR) is 60.3 cm³/mol. The first-order valence-corrected chi connectivity index (χ1v) is 6.03. The first-order chi connectivity index (χ1) is 7.11. The summed E-state index contributed by atoms with van der Waals surface area (Å²) >= 11 is 0. The van der Waals surface area contributed by atoms with Crippen molar-refractivity contribution in [1.29, 1.82) is 0 Å². The first-order valence-electron chi connectivity index (χ1n) is 6.03. The van der Waals surface area contributed by atoms with E-state index in [-0.39, 0.29) is 11.9 Å². The number of rotatable bonds is 4. The first kappa shape index (κ1) is 12.5. The van der Waals surface area contributed by atoms with Gasteiger partial charge in [-0.15, -0.1) is 0 Å². The minimum Gasteiger partial charge on any atom is -0.464 e. The molecule has 0 unspecified atom stereocenters. The zero-order chi connectivity index (χ0) is 11.3. The van der Waals surface area contributed by atoms with Crippen molar-refractivity contribution in [3.05, 3.63) is 0 Å². The summed E-state index contributed by atoms with van der Waals surface area (Å²) < 4.78 is 5.24. The van der Waals surface area contributed by atoms with Gasteiger partial charge in [0.25, 0.3) is 0 Å². The van der Waals surface area contributed by atoms with Crippen LogP contribution in [0.5, 0.6) is 0 Å². The molecule has 3 nitrogen and oxygen atoms in total. The van der Waals surface area contributed by atoms with Gasteiger partial charge in [0.2, 0.25) is 0 Å². The van der Waals surface area contributed by atoms with Crippen molar-refractivity contribution in [2.45, 2.75) is 52.0 Å². The van der Waals surface area contributed by atoms with Crippen molar-refractivity contribution >= 4 is 5.97 Å². The summed E-state index contributed by atoms with van der Waals surface area (Å²) in [6.07, 6.45) is 6.28. The van der Waals surface area contributed by atoms with Gasteiger partial charge in [-0.3, -0.25) is 4.79 Å². The highest BCUT2D eigenvalue weighted by Gasteiger charge is 2.21. The lowest BCUT2D eigenvalue weighted by Crippen LogP contribution is -2.37. The molecule has 0 aliphatic heterocycles. The molecule has 1 atom stereocenters. The maximum atomic E-state index is 11.5. The van der Waals surface area contributed by atoms with Crippen LogP contribution in [0.15, 0.2) is 0 Å². The molecule has 0 bridgehead atoms. The molecule has 1 rings (SSSR count). The van der Waals surface area contributed by atoms with E-state index in [1.54, 1.807) is 0 Å². The second-order valence-electron chi connectivity index (χ2n) is 4.90. The monoisotopic (exact) mass is 213 g/mol. The van der Waals surface area contributed by atoms with Gasteiger partial charge in [-0.2, -0.15) is 0 Å². The van der Waals surface area contributed by atoms with Gasteiger partial charge >= 0.3 is 5.97 Å². The summed E-state index contributed by atoms with van der Waals surface area (Å²) in [5, 5.41) is 0. The van der Waals surface area contributed by atoms with E-state index >= 15 is 0 Å². The average molecular weight is 213 g/mol. The predicted octanol–water partition coefficient (Wildman–Crippen LogP) is 2.09. The van der Waals surface area contributed by atoms with Gasteiger partial charge in [0.15, 0.2) is 0 Å². The van der Waals surface area contributed by atoms with Crippen LogP contribution in [0.4, 0.5) is 0 Å². The molecule has 0 spiro atoms. The lowest BCUT2D eigenvalue weighted by Gasteiger charge is -2.22. The lowest BCUT2D eigenvalue weighted by molar-refractivity contribution is -0.148. The van der Waals surface area contributed by atoms with Crippen molar-refractivity contribution in [2.75, 3.05) is 6.61 Å². The van der Waals surface area contributed by atoms with E-state index in [1.807, 2.05) is 13.8 Å². The third kappa shape index (κ3) is 4.20. The van der Waals surface area contributed by atoms with Crippen LogP contribution in [0.3, 0.4) is 0 Å². The van der Waals surface area contributed by atoms with Gasteiger partial charge in [-0.05, 0) is 24.7 Å². The van der Waals surface area contributed by atoms with E-state index in [0.29, 0.717) is 12.5 Å². The van der Waals surface area contributed by atoms with Crippen LogP contribution in [0, 0.1) is 11.8 Å². The second-order valence-corrected chi connectivity index (χ2v) is 4.90. The molecular weight excluding hydrogens is 190 g/mol. The number of carbonyl (C=O) groups is 1. The van der Waals surface area contributed by atoms with Gasteiger partial charge < -0.3 is 10.5 Å². The Hall–Kier alpha value is -0.570. The van der Waals surface area contributed by atoms with E-state index in [9.17, 15) is 4.79 Å². The molecule has 1 saturated carbocycles. The Kier molecular flexibility index (Phi) is 5.09. The van der Waals surface area contributed by atoms with Crippen LogP contribution in [-0.4, -0.2) is 18.6 Å². The van der Waals surface area contributed by atoms with Crippen LogP contribution in [0.2, 0.25) is 0 Å². The Morgan fingerprint density at radius 2 is 1.93 bits per heavy atom. The molecule has 1 aliphatic rings. The minimum absolute atomic E-state index is 0.156. The quantitative estimate of drug-likeness (QED) is 0.727. The molecule has 0 saturated heterocycles. The maximum absolute atomic E-state index is 11.5. The molecule has 88 valence electrons. The topological polar surface area (TPSA) is 52.3 Å². The summed E-state index contributed by atoms with van der Waals surface area (Å²) in [4.78, 5) is 11.5. The highest BCUT2D eigenvalue weighted by molar-refractivity contribution is 5.75. The fraction of sp³-hybridized carbons (Fsp3) is 0.917. The summed E-state index contributed by atoms with van der Waals surface area (Å²) in [5.41, 5.74) is 5.70. The van der Waals surface area contributed by atoms with Gasteiger partial charge in [-0.1, -0.05) is 33.1 Å². The van der Waals surface area contributed by atoms with Crippen LogP contribution in [0.1, 0.15) is 46.0 Å². The number of hydrogen-bond acceptors (Lipinski definition) is 3. The van der Waals surface area contributed by atoms with E-state index in [1.165, 1.54) is 32.1 Å². The Balaban J connectivity index is 2.20. The molecule has 0 aromatic carbocycles.